The molecule has 7 heteroatoms. The number of aromatic nitrogens is 5. The molecule has 0 saturated carbocycles. The number of aryl methyl sites for hydroxylation is 1. The number of hydrogen-bond acceptors (Lipinski definition) is 4. The molecule has 23 heavy (non-hydrogen) atoms. The Hall–Kier alpha value is -2.67. The minimum atomic E-state index is -0.209. The highest BCUT2D eigenvalue weighted by atomic mass is 16.1. The Balaban J connectivity index is 1.79. The monoisotopic (exact) mass is 312 g/mol. The van der Waals surface area contributed by atoms with Gasteiger partial charge in [0.2, 0.25) is 0 Å². The highest BCUT2D eigenvalue weighted by molar-refractivity contribution is 5.35. The number of imidazole rings is 1. The van der Waals surface area contributed by atoms with Gasteiger partial charge in [-0.3, -0.25) is 9.13 Å². The average Bonchev–Trinajstić information content (AvgIpc) is 3.09. The van der Waals surface area contributed by atoms with Gasteiger partial charge in [0.05, 0.1) is 17.9 Å². The summed E-state index contributed by atoms with van der Waals surface area (Å²) >= 11 is 0. The lowest BCUT2D eigenvalue weighted by molar-refractivity contribution is 0.519. The summed E-state index contributed by atoms with van der Waals surface area (Å²) in [5.41, 5.74) is 1.93. The van der Waals surface area contributed by atoms with Crippen LogP contribution in [-0.2, 0) is 13.6 Å². The number of rotatable bonds is 5. The van der Waals surface area contributed by atoms with Crippen LogP contribution in [-0.4, -0.2) is 24.3 Å². The number of para-hydroxylation sites is 1. The second-order valence-corrected chi connectivity index (χ2v) is 5.52. The van der Waals surface area contributed by atoms with Crippen LogP contribution in [0.4, 0.5) is 0 Å². The third kappa shape index (κ3) is 2.95. The van der Waals surface area contributed by atoms with Crippen LogP contribution in [0.2, 0.25) is 0 Å². The van der Waals surface area contributed by atoms with Crippen LogP contribution in [0.5, 0.6) is 0 Å². The fourth-order valence-electron chi connectivity index (χ4n) is 2.64. The van der Waals surface area contributed by atoms with Gasteiger partial charge in [0.1, 0.15) is 11.6 Å². The maximum atomic E-state index is 11.5. The van der Waals surface area contributed by atoms with Crippen LogP contribution in [0.25, 0.3) is 5.69 Å². The number of nitrogens with zero attached hydrogens (tertiary/aromatic N) is 4. The van der Waals surface area contributed by atoms with Gasteiger partial charge in [-0.15, -0.1) is 0 Å². The van der Waals surface area contributed by atoms with Gasteiger partial charge < -0.3 is 5.32 Å². The summed E-state index contributed by atoms with van der Waals surface area (Å²) in [6, 6.07) is 10.1. The number of H-pyrrole nitrogens is 1. The van der Waals surface area contributed by atoms with Crippen LogP contribution >= 0.6 is 0 Å². The molecule has 1 atom stereocenters. The van der Waals surface area contributed by atoms with Gasteiger partial charge in [0.25, 0.3) is 0 Å². The zero-order chi connectivity index (χ0) is 16.4. The summed E-state index contributed by atoms with van der Waals surface area (Å²) in [6.45, 7) is 4.58. The second-order valence-electron chi connectivity index (χ2n) is 5.52. The zero-order valence-electron chi connectivity index (χ0n) is 13.4. The van der Waals surface area contributed by atoms with E-state index in [4.69, 9.17) is 0 Å². The van der Waals surface area contributed by atoms with E-state index in [2.05, 4.69) is 37.2 Å². The highest BCUT2D eigenvalue weighted by Gasteiger charge is 2.14. The Bertz CT molecular complexity index is 845. The summed E-state index contributed by atoms with van der Waals surface area (Å²) in [6.07, 6.45) is 1.87. The van der Waals surface area contributed by atoms with Gasteiger partial charge in [0.15, 0.2) is 0 Å². The van der Waals surface area contributed by atoms with E-state index in [1.165, 1.54) is 4.57 Å². The number of nitrogens with one attached hydrogen (secondary N) is 2. The molecule has 2 N–H and O–H groups in total. The molecule has 0 radical (unpaired) electrons. The van der Waals surface area contributed by atoms with E-state index in [1.54, 1.807) is 7.05 Å². The summed E-state index contributed by atoms with van der Waals surface area (Å²) in [7, 11) is 1.71. The van der Waals surface area contributed by atoms with Crippen molar-refractivity contribution in [2.24, 2.45) is 7.05 Å². The van der Waals surface area contributed by atoms with E-state index in [1.807, 2.05) is 38.2 Å². The molecule has 1 unspecified atom stereocenters. The molecule has 0 saturated heterocycles. The molecule has 0 fully saturated rings. The third-order valence-corrected chi connectivity index (χ3v) is 3.92. The second kappa shape index (κ2) is 6.21. The van der Waals surface area contributed by atoms with Crippen molar-refractivity contribution in [1.82, 2.24) is 29.6 Å². The van der Waals surface area contributed by atoms with Crippen LogP contribution in [0, 0.1) is 6.92 Å². The molecule has 0 spiro atoms. The predicted molar refractivity (Wildman–Crippen MR) is 87.4 cm³/mol. The zero-order valence-corrected chi connectivity index (χ0v) is 13.4. The Morgan fingerprint density at radius 3 is 2.70 bits per heavy atom. The van der Waals surface area contributed by atoms with Crippen molar-refractivity contribution in [2.75, 3.05) is 0 Å². The minimum Gasteiger partial charge on any atom is -0.302 e. The summed E-state index contributed by atoms with van der Waals surface area (Å²) in [4.78, 5) is 15.9. The quantitative estimate of drug-likeness (QED) is 0.747. The molecule has 2 heterocycles. The smallest absolute Gasteiger partial charge is 0.302 e. The molecular formula is C16H20N6O. The highest BCUT2D eigenvalue weighted by Crippen LogP contribution is 2.15. The largest absolute Gasteiger partial charge is 0.343 e. The predicted octanol–water partition coefficient (Wildman–Crippen LogP) is 1.45. The van der Waals surface area contributed by atoms with Crippen LogP contribution in [0.3, 0.4) is 0 Å². The molecule has 0 bridgehead atoms. The van der Waals surface area contributed by atoms with E-state index >= 15 is 0 Å². The fourth-order valence-corrected chi connectivity index (χ4v) is 2.64. The molecule has 1 aromatic carbocycles. The third-order valence-electron chi connectivity index (χ3n) is 3.92. The summed E-state index contributed by atoms with van der Waals surface area (Å²) in [5.74, 6) is 1.62. The fraction of sp³-hybridized carbons (Fsp3) is 0.312. The van der Waals surface area contributed by atoms with Gasteiger partial charge in [-0.1, -0.05) is 18.2 Å². The molecule has 0 amide bonds. The van der Waals surface area contributed by atoms with Crippen molar-refractivity contribution < 1.29 is 0 Å². The van der Waals surface area contributed by atoms with Gasteiger partial charge in [-0.05, 0) is 26.0 Å². The van der Waals surface area contributed by atoms with Crippen LogP contribution in [0.1, 0.15) is 30.3 Å². The number of benzene rings is 1. The van der Waals surface area contributed by atoms with Crippen molar-refractivity contribution in [3.8, 4) is 5.69 Å². The van der Waals surface area contributed by atoms with E-state index < -0.39 is 0 Å². The summed E-state index contributed by atoms with van der Waals surface area (Å²) < 4.78 is 3.63. The van der Waals surface area contributed by atoms with Crippen molar-refractivity contribution in [3.05, 3.63) is 64.4 Å². The van der Waals surface area contributed by atoms with Crippen molar-refractivity contribution in [3.63, 3.8) is 0 Å². The van der Waals surface area contributed by atoms with Crippen molar-refractivity contribution >= 4 is 0 Å². The van der Waals surface area contributed by atoms with E-state index in [-0.39, 0.29) is 11.7 Å². The Morgan fingerprint density at radius 1 is 1.30 bits per heavy atom. The molecule has 0 aliphatic heterocycles. The number of hydrogen-bond donors (Lipinski definition) is 2. The molecule has 7 nitrogen and oxygen atoms in total. The van der Waals surface area contributed by atoms with Gasteiger partial charge >= 0.3 is 5.69 Å². The lowest BCUT2D eigenvalue weighted by atomic mass is 10.3. The van der Waals surface area contributed by atoms with Gasteiger partial charge in [-0.2, -0.15) is 5.10 Å². The molecule has 3 aromatic rings. The molecule has 2 aromatic heterocycles. The standard InChI is InChI=1S/C16H20N6O/c1-11(15-19-20-16(23)21(15)3)17-9-14-10-18-12(2)22(14)13-7-5-4-6-8-13/h4-8,10-11,17H,9H2,1-3H3,(H,20,23). The Kier molecular flexibility index (Phi) is 4.12. The van der Waals surface area contributed by atoms with Crippen LogP contribution < -0.4 is 11.0 Å². The summed E-state index contributed by atoms with van der Waals surface area (Å²) in [5, 5.41) is 9.90. The first kappa shape index (κ1) is 15.2. The SMILES string of the molecule is Cc1ncc(CNC(C)c2n[nH]c(=O)n2C)n1-c1ccccc1. The first-order valence-corrected chi connectivity index (χ1v) is 7.51. The maximum Gasteiger partial charge on any atom is 0.343 e. The lowest BCUT2D eigenvalue weighted by Crippen LogP contribution is -2.24. The molecule has 0 aliphatic rings. The minimum absolute atomic E-state index is 0.0571. The molecule has 3 rings (SSSR count). The Labute approximate surface area is 134 Å². The van der Waals surface area contributed by atoms with E-state index in [0.717, 1.165) is 17.2 Å². The molecule has 0 aliphatic carbocycles. The van der Waals surface area contributed by atoms with Crippen LogP contribution in [0.15, 0.2) is 41.3 Å². The van der Waals surface area contributed by atoms with Gasteiger partial charge in [0, 0.05) is 19.3 Å². The Morgan fingerprint density at radius 2 is 2.04 bits per heavy atom. The first-order chi connectivity index (χ1) is 11.1. The first-order valence-electron chi connectivity index (χ1n) is 7.51. The molecular weight excluding hydrogens is 292 g/mol. The lowest BCUT2D eigenvalue weighted by Gasteiger charge is -2.15. The maximum absolute atomic E-state index is 11.5. The van der Waals surface area contributed by atoms with E-state index in [9.17, 15) is 4.79 Å². The normalized spacial score (nSPS) is 12.5. The topological polar surface area (TPSA) is 80.5 Å². The average molecular weight is 312 g/mol. The molecule has 120 valence electrons. The number of aromatic amines is 1. The van der Waals surface area contributed by atoms with Gasteiger partial charge in [-0.25, -0.2) is 14.9 Å². The van der Waals surface area contributed by atoms with Crippen molar-refractivity contribution in [2.45, 2.75) is 26.4 Å². The van der Waals surface area contributed by atoms with E-state index in [0.29, 0.717) is 12.4 Å². The van der Waals surface area contributed by atoms with Crippen molar-refractivity contribution in [1.29, 1.82) is 0 Å².